The number of rotatable bonds is 4. The molecular formula is C22H30N2O6. The summed E-state index contributed by atoms with van der Waals surface area (Å²) in [5.41, 5.74) is 1.12. The summed E-state index contributed by atoms with van der Waals surface area (Å²) in [6, 6.07) is 5.30. The van der Waals surface area contributed by atoms with Gasteiger partial charge in [-0.1, -0.05) is 0 Å². The number of aryl methyl sites for hydroxylation is 1. The second kappa shape index (κ2) is 8.73. The van der Waals surface area contributed by atoms with Gasteiger partial charge in [0.05, 0.1) is 6.61 Å². The summed E-state index contributed by atoms with van der Waals surface area (Å²) in [4.78, 5) is 41.3. The number of aliphatic hydroxyl groups excluding tert-OH is 1. The summed E-state index contributed by atoms with van der Waals surface area (Å²) in [6.07, 6.45) is -1.09. The van der Waals surface area contributed by atoms with Gasteiger partial charge in [0, 0.05) is 30.9 Å². The van der Waals surface area contributed by atoms with Gasteiger partial charge in [0.15, 0.2) is 12.2 Å². The van der Waals surface area contributed by atoms with Gasteiger partial charge in [0.2, 0.25) is 0 Å². The molecule has 2 saturated heterocycles. The summed E-state index contributed by atoms with van der Waals surface area (Å²) in [6.45, 7) is 8.79. The van der Waals surface area contributed by atoms with E-state index in [0.29, 0.717) is 11.3 Å². The Labute approximate surface area is 176 Å². The van der Waals surface area contributed by atoms with E-state index in [-0.39, 0.29) is 19.1 Å². The quantitative estimate of drug-likeness (QED) is 0.747. The summed E-state index contributed by atoms with van der Waals surface area (Å²) in [7, 11) is 0. The molecule has 1 aromatic rings. The Morgan fingerprint density at radius 2 is 1.83 bits per heavy atom. The lowest BCUT2D eigenvalue weighted by molar-refractivity contribution is -0.177. The van der Waals surface area contributed by atoms with Crippen molar-refractivity contribution < 1.29 is 29.0 Å². The Kier molecular flexibility index (Phi) is 6.47. The topological polar surface area (TPSA) is 96.4 Å². The first-order valence-electron chi connectivity index (χ1n) is 10.3. The normalized spacial score (nSPS) is 21.0. The highest BCUT2D eigenvalue weighted by Gasteiger charge is 2.41. The van der Waals surface area contributed by atoms with Gasteiger partial charge in [-0.05, 0) is 64.3 Å². The van der Waals surface area contributed by atoms with Crippen LogP contribution in [0.3, 0.4) is 0 Å². The van der Waals surface area contributed by atoms with Crippen LogP contribution in [0.5, 0.6) is 0 Å². The number of anilines is 1. The fraction of sp³-hybridized carbons (Fsp3) is 0.591. The van der Waals surface area contributed by atoms with E-state index in [0.717, 1.165) is 31.5 Å². The standard InChI is InChI=1S/C22H30N2O6/c1-14-11-15(19(26)23-7-5-6-8-23)13-16(12-14)24-9-10-29-18(20(24)27)17(25)21(28)30-22(2,3)4/h11-13,17-18,25H,5-10H2,1-4H3/t17-,18-/m1/s1. The lowest BCUT2D eigenvalue weighted by Gasteiger charge is -2.35. The number of likely N-dealkylation sites (tertiary alicyclic amines) is 1. The smallest absolute Gasteiger partial charge is 0.338 e. The van der Waals surface area contributed by atoms with Crippen LogP contribution < -0.4 is 4.90 Å². The minimum atomic E-state index is -1.73. The molecule has 2 aliphatic heterocycles. The van der Waals surface area contributed by atoms with Crippen molar-refractivity contribution >= 4 is 23.5 Å². The monoisotopic (exact) mass is 418 g/mol. The van der Waals surface area contributed by atoms with Crippen molar-refractivity contribution in [2.75, 3.05) is 31.1 Å². The van der Waals surface area contributed by atoms with Crippen LogP contribution in [0.2, 0.25) is 0 Å². The Hall–Kier alpha value is -2.45. The van der Waals surface area contributed by atoms with Crippen LogP contribution in [-0.2, 0) is 19.1 Å². The summed E-state index contributed by atoms with van der Waals surface area (Å²) >= 11 is 0. The third-order valence-corrected chi connectivity index (χ3v) is 5.07. The van der Waals surface area contributed by atoms with E-state index in [4.69, 9.17) is 9.47 Å². The van der Waals surface area contributed by atoms with Crippen molar-refractivity contribution in [3.8, 4) is 0 Å². The van der Waals surface area contributed by atoms with E-state index >= 15 is 0 Å². The Bertz CT molecular complexity index is 825. The minimum Gasteiger partial charge on any atom is -0.458 e. The van der Waals surface area contributed by atoms with E-state index < -0.39 is 29.7 Å². The van der Waals surface area contributed by atoms with Gasteiger partial charge in [-0.25, -0.2) is 4.79 Å². The van der Waals surface area contributed by atoms with Crippen LogP contribution in [0.15, 0.2) is 18.2 Å². The largest absolute Gasteiger partial charge is 0.458 e. The molecule has 2 atom stereocenters. The van der Waals surface area contributed by atoms with Crippen LogP contribution >= 0.6 is 0 Å². The fourth-order valence-corrected chi connectivity index (χ4v) is 3.72. The fourth-order valence-electron chi connectivity index (χ4n) is 3.72. The lowest BCUT2D eigenvalue weighted by atomic mass is 10.1. The maximum atomic E-state index is 13.0. The van der Waals surface area contributed by atoms with Crippen molar-refractivity contribution in [1.82, 2.24) is 4.90 Å². The number of esters is 1. The summed E-state index contributed by atoms with van der Waals surface area (Å²) in [5, 5.41) is 10.4. The first-order valence-corrected chi connectivity index (χ1v) is 10.3. The molecule has 2 aliphatic rings. The van der Waals surface area contributed by atoms with Crippen molar-refractivity contribution in [1.29, 1.82) is 0 Å². The van der Waals surface area contributed by atoms with Crippen LogP contribution in [0.25, 0.3) is 0 Å². The summed E-state index contributed by atoms with van der Waals surface area (Å²) in [5.74, 6) is -1.50. The van der Waals surface area contributed by atoms with Crippen molar-refractivity contribution in [2.45, 2.75) is 58.3 Å². The predicted octanol–water partition coefficient (Wildman–Crippen LogP) is 1.67. The highest BCUT2D eigenvalue weighted by atomic mass is 16.6. The molecule has 0 spiro atoms. The van der Waals surface area contributed by atoms with Crippen LogP contribution in [0, 0.1) is 6.92 Å². The molecule has 0 unspecified atom stereocenters. The molecule has 0 aromatic heterocycles. The van der Waals surface area contributed by atoms with Gasteiger partial charge in [-0.15, -0.1) is 0 Å². The molecule has 8 heteroatoms. The Morgan fingerprint density at radius 1 is 1.17 bits per heavy atom. The number of aliphatic hydroxyl groups is 1. The SMILES string of the molecule is Cc1cc(C(=O)N2CCCC2)cc(N2CCO[C@H]([C@@H](O)C(=O)OC(C)(C)C)C2=O)c1. The summed E-state index contributed by atoms with van der Waals surface area (Å²) < 4.78 is 10.6. The van der Waals surface area contributed by atoms with Gasteiger partial charge in [0.1, 0.15) is 5.60 Å². The van der Waals surface area contributed by atoms with Crippen molar-refractivity contribution in [2.24, 2.45) is 0 Å². The molecule has 164 valence electrons. The number of ether oxygens (including phenoxy) is 2. The number of carbonyl (C=O) groups excluding carboxylic acids is 3. The molecule has 0 aliphatic carbocycles. The Balaban J connectivity index is 1.80. The average Bonchev–Trinajstić information content (AvgIpc) is 3.20. The van der Waals surface area contributed by atoms with E-state index in [1.54, 1.807) is 32.9 Å². The zero-order chi connectivity index (χ0) is 22.1. The zero-order valence-corrected chi connectivity index (χ0v) is 18.0. The number of carbonyl (C=O) groups is 3. The van der Waals surface area contributed by atoms with Gasteiger partial charge in [0.25, 0.3) is 11.8 Å². The molecule has 0 bridgehead atoms. The molecule has 0 saturated carbocycles. The average molecular weight is 418 g/mol. The first kappa shape index (κ1) is 22.2. The van der Waals surface area contributed by atoms with Crippen LogP contribution in [0.4, 0.5) is 5.69 Å². The maximum Gasteiger partial charge on any atom is 0.338 e. The number of benzene rings is 1. The molecule has 2 amide bonds. The molecular weight excluding hydrogens is 388 g/mol. The molecule has 1 aromatic carbocycles. The molecule has 8 nitrogen and oxygen atoms in total. The van der Waals surface area contributed by atoms with Gasteiger partial charge in [-0.2, -0.15) is 0 Å². The second-order valence-corrected chi connectivity index (χ2v) is 8.82. The zero-order valence-electron chi connectivity index (χ0n) is 18.0. The lowest BCUT2D eigenvalue weighted by Crippen LogP contribution is -2.55. The number of nitrogens with zero attached hydrogens (tertiary/aromatic N) is 2. The second-order valence-electron chi connectivity index (χ2n) is 8.82. The molecule has 2 fully saturated rings. The van der Waals surface area contributed by atoms with Crippen LogP contribution in [0.1, 0.15) is 49.5 Å². The Morgan fingerprint density at radius 3 is 2.47 bits per heavy atom. The minimum absolute atomic E-state index is 0.0523. The third-order valence-electron chi connectivity index (χ3n) is 5.07. The van der Waals surface area contributed by atoms with Crippen molar-refractivity contribution in [3.05, 3.63) is 29.3 Å². The van der Waals surface area contributed by atoms with E-state index in [2.05, 4.69) is 0 Å². The van der Waals surface area contributed by atoms with E-state index in [9.17, 15) is 19.5 Å². The molecule has 3 rings (SSSR count). The number of morpholine rings is 1. The molecule has 30 heavy (non-hydrogen) atoms. The maximum absolute atomic E-state index is 13.0. The van der Waals surface area contributed by atoms with E-state index in [1.165, 1.54) is 4.90 Å². The van der Waals surface area contributed by atoms with E-state index in [1.807, 2.05) is 17.9 Å². The van der Waals surface area contributed by atoms with Gasteiger partial charge >= 0.3 is 5.97 Å². The third kappa shape index (κ3) is 4.99. The van der Waals surface area contributed by atoms with Gasteiger partial charge < -0.3 is 24.4 Å². The number of amides is 2. The number of hydrogen-bond acceptors (Lipinski definition) is 6. The van der Waals surface area contributed by atoms with Crippen LogP contribution in [-0.4, -0.2) is 71.8 Å². The molecule has 1 N–H and O–H groups in total. The number of hydrogen-bond donors (Lipinski definition) is 1. The highest BCUT2D eigenvalue weighted by Crippen LogP contribution is 2.25. The predicted molar refractivity (Wildman–Crippen MR) is 110 cm³/mol. The molecule has 0 radical (unpaired) electrons. The highest BCUT2D eigenvalue weighted by molar-refractivity contribution is 6.02. The van der Waals surface area contributed by atoms with Gasteiger partial charge in [-0.3, -0.25) is 9.59 Å². The molecule has 2 heterocycles. The van der Waals surface area contributed by atoms with Crippen molar-refractivity contribution in [3.63, 3.8) is 0 Å². The first-order chi connectivity index (χ1) is 14.1.